The largest absolute Gasteiger partial charge is 0.416 e. The lowest BCUT2D eigenvalue weighted by molar-refractivity contribution is -0.138. The van der Waals surface area contributed by atoms with Crippen LogP contribution < -0.4 is 0 Å². The number of rotatable bonds is 2. The number of hydrogen-bond acceptors (Lipinski definition) is 1. The molecular weight excluding hydrogens is 263 g/mol. The summed E-state index contributed by atoms with van der Waals surface area (Å²) < 4.78 is 38.8. The predicted octanol–water partition coefficient (Wildman–Crippen LogP) is 5.81. The quantitative estimate of drug-likeness (QED) is 0.668. The van der Waals surface area contributed by atoms with Gasteiger partial charge in [-0.25, -0.2) is 0 Å². The number of halogens is 3. The molecule has 1 aliphatic carbocycles. The third-order valence-corrected chi connectivity index (χ3v) is 4.02. The molecule has 114 valence electrons. The summed E-state index contributed by atoms with van der Waals surface area (Å²) in [4.78, 5) is 3.87. The minimum Gasteiger partial charge on any atom is -0.264 e. The summed E-state index contributed by atoms with van der Waals surface area (Å²) in [6.07, 6.45) is 3.27. The highest BCUT2D eigenvalue weighted by Gasteiger charge is 2.36. The van der Waals surface area contributed by atoms with Gasteiger partial charge in [-0.15, -0.1) is 0 Å². The van der Waals surface area contributed by atoms with E-state index in [1.54, 1.807) is 0 Å². The third-order valence-electron chi connectivity index (χ3n) is 4.02. The molecule has 1 heterocycles. The first-order valence-electron chi connectivity index (χ1n) is 7.53. The van der Waals surface area contributed by atoms with E-state index in [1.807, 2.05) is 13.8 Å². The van der Waals surface area contributed by atoms with Gasteiger partial charge in [0.05, 0.1) is 5.56 Å². The fraction of sp³-hybridized carbons (Fsp3) is 0.688. The molecule has 0 bridgehead atoms. The lowest BCUT2D eigenvalue weighted by Crippen LogP contribution is -2.17. The van der Waals surface area contributed by atoms with E-state index in [4.69, 9.17) is 0 Å². The Balaban J connectivity index is 0.000000956. The first-order chi connectivity index (χ1) is 9.52. The van der Waals surface area contributed by atoms with Crippen molar-refractivity contribution in [3.05, 3.63) is 29.6 Å². The number of alkyl halides is 3. The van der Waals surface area contributed by atoms with E-state index >= 15 is 0 Å². The summed E-state index contributed by atoms with van der Waals surface area (Å²) in [5.41, 5.74) is -0.114. The van der Waals surface area contributed by atoms with Crippen molar-refractivity contribution < 1.29 is 13.2 Å². The van der Waals surface area contributed by atoms with E-state index in [-0.39, 0.29) is 5.92 Å². The number of pyridine rings is 1. The van der Waals surface area contributed by atoms with E-state index in [1.165, 1.54) is 12.4 Å². The topological polar surface area (TPSA) is 12.9 Å². The Bertz CT molecular complexity index is 393. The summed E-state index contributed by atoms with van der Waals surface area (Å²) in [5.74, 6) is 0.713. The maximum Gasteiger partial charge on any atom is 0.416 e. The van der Waals surface area contributed by atoms with Gasteiger partial charge in [0.2, 0.25) is 0 Å². The minimum atomic E-state index is -4.26. The standard InChI is InChI=1S/C14H18F3N.C2H6/c1-2-10-3-5-11(6-4-10)12-9-18-8-7-13(12)14(15,16)17;1-2/h7-11H,2-6H2,1H3;1-2H3. The SMILES string of the molecule is CC.CCC1CCC(c2cnccc2C(F)(F)F)CC1. The Morgan fingerprint density at radius 1 is 1.15 bits per heavy atom. The van der Waals surface area contributed by atoms with Crippen LogP contribution in [-0.4, -0.2) is 4.98 Å². The van der Waals surface area contributed by atoms with Crippen LogP contribution >= 0.6 is 0 Å². The van der Waals surface area contributed by atoms with E-state index < -0.39 is 11.7 Å². The second-order valence-corrected chi connectivity index (χ2v) is 5.09. The van der Waals surface area contributed by atoms with Crippen LogP contribution in [0.5, 0.6) is 0 Å². The smallest absolute Gasteiger partial charge is 0.264 e. The first kappa shape index (κ1) is 17.0. The van der Waals surface area contributed by atoms with Crippen LogP contribution in [-0.2, 0) is 6.18 Å². The lowest BCUT2D eigenvalue weighted by Gasteiger charge is -2.29. The normalized spacial score (nSPS) is 22.9. The number of aromatic nitrogens is 1. The molecular formula is C16H24F3N. The highest BCUT2D eigenvalue weighted by atomic mass is 19.4. The zero-order chi connectivity index (χ0) is 15.2. The van der Waals surface area contributed by atoms with Crippen molar-refractivity contribution in [3.63, 3.8) is 0 Å². The van der Waals surface area contributed by atoms with Crippen molar-refractivity contribution in [1.29, 1.82) is 0 Å². The Morgan fingerprint density at radius 2 is 1.75 bits per heavy atom. The van der Waals surface area contributed by atoms with Crippen molar-refractivity contribution in [2.75, 3.05) is 0 Å². The molecule has 0 amide bonds. The van der Waals surface area contributed by atoms with Gasteiger partial charge in [0.1, 0.15) is 0 Å². The average molecular weight is 287 g/mol. The molecule has 4 heteroatoms. The second-order valence-electron chi connectivity index (χ2n) is 5.09. The molecule has 1 fully saturated rings. The molecule has 1 aliphatic rings. The highest BCUT2D eigenvalue weighted by molar-refractivity contribution is 5.30. The number of nitrogens with zero attached hydrogens (tertiary/aromatic N) is 1. The first-order valence-corrected chi connectivity index (χ1v) is 7.53. The Hall–Kier alpha value is -1.06. The van der Waals surface area contributed by atoms with Gasteiger partial charge in [-0.05, 0) is 49.1 Å². The molecule has 0 spiro atoms. The van der Waals surface area contributed by atoms with Gasteiger partial charge in [0, 0.05) is 12.4 Å². The van der Waals surface area contributed by atoms with Crippen molar-refractivity contribution in [2.45, 2.75) is 65.0 Å². The van der Waals surface area contributed by atoms with E-state index in [0.717, 1.165) is 38.2 Å². The molecule has 0 atom stereocenters. The molecule has 20 heavy (non-hydrogen) atoms. The van der Waals surface area contributed by atoms with Crippen molar-refractivity contribution in [3.8, 4) is 0 Å². The van der Waals surface area contributed by atoms with Gasteiger partial charge in [0.15, 0.2) is 0 Å². The van der Waals surface area contributed by atoms with Crippen LogP contribution in [0.15, 0.2) is 18.5 Å². The zero-order valence-electron chi connectivity index (χ0n) is 12.5. The van der Waals surface area contributed by atoms with Crippen molar-refractivity contribution in [2.24, 2.45) is 5.92 Å². The predicted molar refractivity (Wildman–Crippen MR) is 75.6 cm³/mol. The maximum absolute atomic E-state index is 12.9. The number of hydrogen-bond donors (Lipinski definition) is 0. The van der Waals surface area contributed by atoms with Crippen molar-refractivity contribution in [1.82, 2.24) is 4.98 Å². The van der Waals surface area contributed by atoms with Crippen LogP contribution in [0.3, 0.4) is 0 Å². The minimum absolute atomic E-state index is 0.0260. The lowest BCUT2D eigenvalue weighted by atomic mass is 9.77. The Labute approximate surface area is 119 Å². The summed E-state index contributed by atoms with van der Waals surface area (Å²) in [7, 11) is 0. The molecule has 0 saturated heterocycles. The molecule has 1 aromatic heterocycles. The average Bonchev–Trinajstić information content (AvgIpc) is 2.48. The van der Waals surface area contributed by atoms with Crippen LogP contribution in [0.2, 0.25) is 0 Å². The van der Waals surface area contributed by atoms with Crippen molar-refractivity contribution >= 4 is 0 Å². The van der Waals surface area contributed by atoms with Gasteiger partial charge in [-0.2, -0.15) is 13.2 Å². The summed E-state index contributed by atoms with van der Waals surface area (Å²) in [6, 6.07) is 1.10. The summed E-state index contributed by atoms with van der Waals surface area (Å²) in [6.45, 7) is 6.15. The Kier molecular flexibility index (Phi) is 6.50. The molecule has 1 saturated carbocycles. The Morgan fingerprint density at radius 3 is 2.25 bits per heavy atom. The molecule has 0 aliphatic heterocycles. The summed E-state index contributed by atoms with van der Waals surface area (Å²) in [5, 5.41) is 0. The fourth-order valence-electron chi connectivity index (χ4n) is 2.87. The van der Waals surface area contributed by atoms with Crippen LogP contribution in [0.4, 0.5) is 13.2 Å². The monoisotopic (exact) mass is 287 g/mol. The van der Waals surface area contributed by atoms with Gasteiger partial charge in [-0.3, -0.25) is 4.98 Å². The van der Waals surface area contributed by atoms with Gasteiger partial charge >= 0.3 is 6.18 Å². The van der Waals surface area contributed by atoms with Gasteiger partial charge in [0.25, 0.3) is 0 Å². The fourth-order valence-corrected chi connectivity index (χ4v) is 2.87. The molecule has 1 nitrogen and oxygen atoms in total. The van der Waals surface area contributed by atoms with Crippen LogP contribution in [0, 0.1) is 5.92 Å². The molecule has 1 aromatic rings. The third kappa shape index (κ3) is 4.22. The molecule has 0 radical (unpaired) electrons. The molecule has 0 unspecified atom stereocenters. The molecule has 0 N–H and O–H groups in total. The highest BCUT2D eigenvalue weighted by Crippen LogP contribution is 2.41. The summed E-state index contributed by atoms with van der Waals surface area (Å²) >= 11 is 0. The van der Waals surface area contributed by atoms with Crippen LogP contribution in [0.25, 0.3) is 0 Å². The van der Waals surface area contributed by atoms with Gasteiger partial charge < -0.3 is 0 Å². The maximum atomic E-state index is 12.9. The van der Waals surface area contributed by atoms with Gasteiger partial charge in [-0.1, -0.05) is 27.2 Å². The molecule has 2 rings (SSSR count). The van der Waals surface area contributed by atoms with E-state index in [9.17, 15) is 13.2 Å². The van der Waals surface area contributed by atoms with Crippen LogP contribution in [0.1, 0.15) is 69.9 Å². The zero-order valence-corrected chi connectivity index (χ0v) is 12.5. The van der Waals surface area contributed by atoms with E-state index in [2.05, 4.69) is 11.9 Å². The second kappa shape index (κ2) is 7.65. The van der Waals surface area contributed by atoms with E-state index in [0.29, 0.717) is 11.5 Å². The molecule has 0 aromatic carbocycles.